The van der Waals surface area contributed by atoms with E-state index in [0.717, 1.165) is 5.56 Å². The van der Waals surface area contributed by atoms with Gasteiger partial charge in [0.2, 0.25) is 5.60 Å². The maximum Gasteiger partial charge on any atom is 0.508 e. The van der Waals surface area contributed by atoms with E-state index >= 15 is 0 Å². The molecule has 4 unspecified atom stereocenters. The van der Waals surface area contributed by atoms with Crippen LogP contribution < -0.4 is 0 Å². The van der Waals surface area contributed by atoms with Gasteiger partial charge in [-0.1, -0.05) is 51.1 Å². The van der Waals surface area contributed by atoms with Gasteiger partial charge in [-0.25, -0.2) is 9.59 Å². The first-order valence-corrected chi connectivity index (χ1v) is 20.2. The molecule has 1 aromatic carbocycles. The smallest absolute Gasteiger partial charge is 0.467 e. The molecule has 14 heteroatoms. The summed E-state index contributed by atoms with van der Waals surface area (Å²) in [6.45, 7) is 13.9. The van der Waals surface area contributed by atoms with Crippen molar-refractivity contribution in [1.82, 2.24) is 0 Å². The van der Waals surface area contributed by atoms with Crippen LogP contribution in [0, 0.1) is 45.3 Å². The highest BCUT2D eigenvalue weighted by Crippen LogP contribution is 2.78. The van der Waals surface area contributed by atoms with E-state index < -0.39 is 105 Å². The zero-order valence-corrected chi connectivity index (χ0v) is 34.5. The third-order valence-corrected chi connectivity index (χ3v) is 15.8. The van der Waals surface area contributed by atoms with E-state index in [1.165, 1.54) is 27.9 Å². The van der Waals surface area contributed by atoms with Gasteiger partial charge in [0.25, 0.3) is 0 Å². The molecule has 2 heterocycles. The number of benzene rings is 1. The molecular weight excluding hydrogens is 740 g/mol. The Morgan fingerprint density at radius 1 is 0.912 bits per heavy atom. The van der Waals surface area contributed by atoms with Crippen molar-refractivity contribution < 1.29 is 67.0 Å². The summed E-state index contributed by atoms with van der Waals surface area (Å²) < 4.78 is 48.4. The Balaban J connectivity index is 1.31. The van der Waals surface area contributed by atoms with Gasteiger partial charge in [0.05, 0.1) is 43.4 Å². The number of carbonyl (C=O) groups excluding carboxylic acids is 5. The molecule has 6 aliphatic rings. The van der Waals surface area contributed by atoms with Crippen molar-refractivity contribution >= 4 is 30.0 Å². The highest BCUT2D eigenvalue weighted by atomic mass is 16.7. The van der Waals surface area contributed by atoms with Gasteiger partial charge < -0.3 is 43.0 Å². The highest BCUT2D eigenvalue weighted by Gasteiger charge is 2.90. The molecule has 57 heavy (non-hydrogen) atoms. The molecule has 4 saturated carbocycles. The first kappa shape index (κ1) is 41.4. The molecule has 14 nitrogen and oxygen atoms in total. The van der Waals surface area contributed by atoms with Crippen LogP contribution in [0.1, 0.15) is 86.6 Å². The number of esters is 4. The maximum atomic E-state index is 13.9. The lowest BCUT2D eigenvalue weighted by Crippen LogP contribution is -2.82. The third kappa shape index (κ3) is 5.77. The zero-order chi connectivity index (χ0) is 41.5. The quantitative estimate of drug-likeness (QED) is 0.205. The van der Waals surface area contributed by atoms with Crippen molar-refractivity contribution in [3.05, 3.63) is 35.9 Å². The molecule has 1 N–H and O–H groups in total. The largest absolute Gasteiger partial charge is 0.508 e. The third-order valence-electron chi connectivity index (χ3n) is 15.8. The van der Waals surface area contributed by atoms with Crippen molar-refractivity contribution in [1.29, 1.82) is 0 Å². The number of carbonyl (C=O) groups is 5. The van der Waals surface area contributed by atoms with Crippen molar-refractivity contribution in [2.75, 3.05) is 26.9 Å². The van der Waals surface area contributed by atoms with Crippen LogP contribution in [0.3, 0.4) is 0 Å². The van der Waals surface area contributed by atoms with Gasteiger partial charge in [-0.05, 0) is 68.3 Å². The number of aliphatic hydroxyl groups is 1. The van der Waals surface area contributed by atoms with E-state index in [1.54, 1.807) is 13.8 Å². The minimum Gasteiger partial charge on any atom is -0.467 e. The van der Waals surface area contributed by atoms with E-state index in [4.69, 9.17) is 37.9 Å². The summed E-state index contributed by atoms with van der Waals surface area (Å²) in [5.41, 5.74) is -6.75. The Morgan fingerprint density at radius 2 is 1.56 bits per heavy atom. The van der Waals surface area contributed by atoms with Gasteiger partial charge in [-0.15, -0.1) is 0 Å². The molecule has 0 amide bonds. The number of fused-ring (bicyclic) bond motifs is 9. The molecule has 0 spiro atoms. The summed E-state index contributed by atoms with van der Waals surface area (Å²) in [5, 5.41) is 13.6. The Labute approximate surface area is 333 Å². The summed E-state index contributed by atoms with van der Waals surface area (Å²) in [7, 11) is 1.25. The van der Waals surface area contributed by atoms with Crippen LogP contribution >= 0.6 is 0 Å². The molecule has 2 saturated heterocycles. The standard InChI is InChI=1S/C43H58O14/c1-23-20-42(49)29-15-17-38(6)30(39(29,7)34(55-26(4)45)35(56-27(5)46)40(42,8)43(33(23)57-43)36(47)50-9)19-32(54-25(3)44)41(22-51-21-31(38)41)24(2)53-37(48)52-18-16-28-13-11-10-12-14-28/h10-14,23-24,29-35,49H,15-22H2,1-9H3/t23?,24?,29?,30?,31-,32-,33+,34+,35-,38+,39-,40+,41+,42+,43-/m0/s1. The molecule has 0 bridgehead atoms. The first-order valence-electron chi connectivity index (χ1n) is 20.2. The van der Waals surface area contributed by atoms with Gasteiger partial charge >= 0.3 is 30.0 Å². The number of epoxide rings is 1. The lowest BCUT2D eigenvalue weighted by molar-refractivity contribution is -0.345. The molecule has 1 aromatic rings. The Hall–Kier alpha value is -3.75. The van der Waals surface area contributed by atoms with Crippen molar-refractivity contribution in [3.63, 3.8) is 0 Å². The lowest BCUT2D eigenvalue weighted by Gasteiger charge is -2.73. The van der Waals surface area contributed by atoms with Crippen LogP contribution in [0.2, 0.25) is 0 Å². The molecule has 6 fully saturated rings. The highest BCUT2D eigenvalue weighted by molar-refractivity contribution is 5.86. The molecule has 0 radical (unpaired) electrons. The minimum atomic E-state index is -1.70. The van der Waals surface area contributed by atoms with E-state index in [1.807, 2.05) is 44.2 Å². The Morgan fingerprint density at radius 3 is 2.19 bits per heavy atom. The molecule has 0 aromatic heterocycles. The number of hydrogen-bond donors (Lipinski definition) is 1. The normalized spacial score (nSPS) is 44.2. The molecule has 7 rings (SSSR count). The van der Waals surface area contributed by atoms with Crippen LogP contribution in [0.4, 0.5) is 4.79 Å². The number of hydrogen-bond acceptors (Lipinski definition) is 14. The van der Waals surface area contributed by atoms with Crippen molar-refractivity contribution in [2.45, 2.75) is 129 Å². The molecule has 314 valence electrons. The van der Waals surface area contributed by atoms with E-state index in [0.29, 0.717) is 19.3 Å². The average molecular weight is 799 g/mol. The van der Waals surface area contributed by atoms with Gasteiger partial charge in [0, 0.05) is 38.5 Å². The van der Waals surface area contributed by atoms with Gasteiger partial charge in [-0.3, -0.25) is 14.4 Å². The molecule has 15 atom stereocenters. The monoisotopic (exact) mass is 798 g/mol. The molecule has 2 aliphatic heterocycles. The number of rotatable bonds is 9. The first-order chi connectivity index (χ1) is 26.8. The lowest BCUT2D eigenvalue weighted by atomic mass is 9.32. The number of methoxy groups -OCH3 is 1. The van der Waals surface area contributed by atoms with E-state index in [2.05, 4.69) is 6.92 Å². The SMILES string of the molecule is COC(=O)[C@@]12O[C@@H]1C(C)C[C@@]1(O)C3CC[C@]4(C)C(C[C@H](OC(C)=O)[C@@]5(C(C)OC(=O)OCCc6ccccc6)COC[C@H]54)[C@@]3(C)[C@H](OC(C)=O)[C@H](OC(C)=O)[C@]12C. The number of ether oxygens (including phenoxy) is 8. The molecule has 4 aliphatic carbocycles. The van der Waals surface area contributed by atoms with Gasteiger partial charge in [0.1, 0.15) is 24.4 Å². The van der Waals surface area contributed by atoms with Gasteiger partial charge in [-0.2, -0.15) is 0 Å². The summed E-state index contributed by atoms with van der Waals surface area (Å²) in [5.74, 6) is -4.28. The topological polar surface area (TPSA) is 183 Å². The average Bonchev–Trinajstić information content (AvgIpc) is 3.75. The van der Waals surface area contributed by atoms with Crippen LogP contribution in [-0.2, 0) is 63.5 Å². The second-order valence-electron chi connectivity index (χ2n) is 18.3. The Bertz CT molecular complexity index is 1790. The van der Waals surface area contributed by atoms with Crippen LogP contribution in [0.5, 0.6) is 0 Å². The molecular formula is C43H58O14. The fraction of sp³-hybridized carbons (Fsp3) is 0.744. The van der Waals surface area contributed by atoms with Gasteiger partial charge in [0.15, 0.2) is 6.10 Å². The summed E-state index contributed by atoms with van der Waals surface area (Å²) in [4.78, 5) is 66.6. The second-order valence-corrected chi connectivity index (χ2v) is 18.3. The second kappa shape index (κ2) is 14.2. The zero-order valence-electron chi connectivity index (χ0n) is 34.5. The maximum absolute atomic E-state index is 13.9. The summed E-state index contributed by atoms with van der Waals surface area (Å²) in [6.07, 6.45) is -3.75. The van der Waals surface area contributed by atoms with Crippen molar-refractivity contribution in [3.8, 4) is 0 Å². The van der Waals surface area contributed by atoms with E-state index in [9.17, 15) is 29.1 Å². The fourth-order valence-corrected chi connectivity index (χ4v) is 13.4. The predicted octanol–water partition coefficient (Wildman–Crippen LogP) is 4.74. The van der Waals surface area contributed by atoms with Crippen LogP contribution in [0.15, 0.2) is 30.3 Å². The fourth-order valence-electron chi connectivity index (χ4n) is 13.4. The van der Waals surface area contributed by atoms with Crippen LogP contribution in [-0.4, -0.2) is 104 Å². The Kier molecular flexibility index (Phi) is 10.3. The predicted molar refractivity (Wildman–Crippen MR) is 199 cm³/mol. The van der Waals surface area contributed by atoms with Crippen molar-refractivity contribution in [2.24, 2.45) is 45.3 Å². The summed E-state index contributed by atoms with van der Waals surface area (Å²) in [6, 6.07) is 9.64. The van der Waals surface area contributed by atoms with E-state index in [-0.39, 0.29) is 44.5 Å². The van der Waals surface area contributed by atoms with Crippen LogP contribution in [0.25, 0.3) is 0 Å². The summed E-state index contributed by atoms with van der Waals surface area (Å²) >= 11 is 0. The minimum absolute atomic E-state index is 0.111.